The first-order valence-corrected chi connectivity index (χ1v) is 7.57. The number of allylic oxidation sites excluding steroid dienone is 1. The predicted molar refractivity (Wildman–Crippen MR) is 87.1 cm³/mol. The number of carbonyl (C=O) groups excluding carboxylic acids is 1. The normalized spacial score (nSPS) is 18.5. The van der Waals surface area contributed by atoms with Crippen LogP contribution in [0.1, 0.15) is 52.5 Å². The lowest BCUT2D eigenvalue weighted by Gasteiger charge is -2.33. The molecule has 4 nitrogen and oxygen atoms in total. The van der Waals surface area contributed by atoms with Crippen LogP contribution in [0.25, 0.3) is 5.57 Å². The molecule has 0 unspecified atom stereocenters. The van der Waals surface area contributed by atoms with Gasteiger partial charge in [0.15, 0.2) is 5.78 Å². The monoisotopic (exact) mass is 301 g/mol. The third-order valence-electron chi connectivity index (χ3n) is 4.22. The summed E-state index contributed by atoms with van der Waals surface area (Å²) >= 11 is 0. The topological polar surface area (TPSA) is 60.2 Å². The Labute approximate surface area is 131 Å². The van der Waals surface area contributed by atoms with E-state index in [-0.39, 0.29) is 22.5 Å². The van der Waals surface area contributed by atoms with Crippen LogP contribution in [0.5, 0.6) is 0 Å². The van der Waals surface area contributed by atoms with Crippen LogP contribution >= 0.6 is 0 Å². The summed E-state index contributed by atoms with van der Waals surface area (Å²) in [5, 5.41) is 11.2. The summed E-state index contributed by atoms with van der Waals surface area (Å²) in [4.78, 5) is 23.6. The average molecular weight is 301 g/mol. The average Bonchev–Trinajstić information content (AvgIpc) is 2.41. The lowest BCUT2D eigenvalue weighted by Crippen LogP contribution is -2.35. The summed E-state index contributed by atoms with van der Waals surface area (Å²) in [5.74, 6) is 0.0463. The molecule has 1 aromatic carbocycles. The lowest BCUT2D eigenvalue weighted by molar-refractivity contribution is -0.559. The van der Waals surface area contributed by atoms with Crippen molar-refractivity contribution in [3.8, 4) is 0 Å². The van der Waals surface area contributed by atoms with E-state index in [1.165, 1.54) is 0 Å². The molecule has 0 N–H and O–H groups in total. The molecule has 4 heteroatoms. The molecule has 22 heavy (non-hydrogen) atoms. The highest BCUT2D eigenvalue weighted by Crippen LogP contribution is 2.43. The molecule has 1 aromatic rings. The second-order valence-corrected chi connectivity index (χ2v) is 7.51. The van der Waals surface area contributed by atoms with E-state index in [0.717, 1.165) is 17.6 Å². The first kappa shape index (κ1) is 16.4. The Morgan fingerprint density at radius 2 is 1.77 bits per heavy atom. The molecular weight excluding hydrogens is 278 g/mol. The van der Waals surface area contributed by atoms with Gasteiger partial charge in [0, 0.05) is 37.2 Å². The van der Waals surface area contributed by atoms with Crippen LogP contribution in [0.2, 0.25) is 0 Å². The minimum absolute atomic E-state index is 0.0463. The highest BCUT2D eigenvalue weighted by Gasteiger charge is 2.39. The Balaban J connectivity index is 2.53. The van der Waals surface area contributed by atoms with Gasteiger partial charge in [-0.05, 0) is 23.0 Å². The van der Waals surface area contributed by atoms with Gasteiger partial charge in [0.1, 0.15) is 0 Å². The Bertz CT molecular complexity index is 627. The molecule has 0 saturated carbocycles. The largest absolute Gasteiger partial charge is 0.295 e. The van der Waals surface area contributed by atoms with Gasteiger partial charge < -0.3 is 0 Å². The number of benzene rings is 1. The molecular formula is C18H23NO3. The first-order chi connectivity index (χ1) is 10.1. The minimum Gasteiger partial charge on any atom is -0.295 e. The number of hydrogen-bond donors (Lipinski definition) is 0. The zero-order chi connectivity index (χ0) is 16.5. The molecule has 0 fully saturated rings. The summed E-state index contributed by atoms with van der Waals surface area (Å²) in [7, 11) is 0. The summed E-state index contributed by atoms with van der Waals surface area (Å²) < 4.78 is 0. The van der Waals surface area contributed by atoms with Crippen LogP contribution in [-0.4, -0.2) is 16.2 Å². The maximum atomic E-state index is 12.6. The van der Waals surface area contributed by atoms with Gasteiger partial charge in [-0.15, -0.1) is 0 Å². The summed E-state index contributed by atoms with van der Waals surface area (Å²) in [6, 6.07) is 9.75. The van der Waals surface area contributed by atoms with Crippen LogP contribution in [0.15, 0.2) is 35.9 Å². The van der Waals surface area contributed by atoms with E-state index >= 15 is 0 Å². The van der Waals surface area contributed by atoms with Crippen molar-refractivity contribution in [2.24, 2.45) is 5.41 Å². The zero-order valence-electron chi connectivity index (χ0n) is 13.7. The van der Waals surface area contributed by atoms with Crippen LogP contribution in [-0.2, 0) is 4.79 Å². The molecule has 0 bridgehead atoms. The number of nitrogens with zero attached hydrogens (tertiary/aromatic N) is 1. The molecule has 0 heterocycles. The second kappa shape index (κ2) is 5.67. The Morgan fingerprint density at radius 3 is 2.32 bits per heavy atom. The van der Waals surface area contributed by atoms with Crippen molar-refractivity contribution in [2.45, 2.75) is 52.5 Å². The minimum atomic E-state index is -1.13. The van der Waals surface area contributed by atoms with E-state index in [2.05, 4.69) is 13.8 Å². The van der Waals surface area contributed by atoms with Gasteiger partial charge in [-0.1, -0.05) is 44.2 Å². The summed E-state index contributed by atoms with van der Waals surface area (Å²) in [6.07, 6.45) is 1.40. The van der Waals surface area contributed by atoms with Crippen molar-refractivity contribution in [3.63, 3.8) is 0 Å². The third-order valence-corrected chi connectivity index (χ3v) is 4.22. The number of Topliss-reactive ketones (excluding diaryl/α,β-unsaturated/α-hetero) is 1. The molecule has 0 aromatic heterocycles. The van der Waals surface area contributed by atoms with E-state index < -0.39 is 5.54 Å². The lowest BCUT2D eigenvalue weighted by atomic mass is 9.70. The van der Waals surface area contributed by atoms with Gasteiger partial charge in [0.2, 0.25) is 5.54 Å². The van der Waals surface area contributed by atoms with Crippen LogP contribution < -0.4 is 0 Å². The fourth-order valence-electron chi connectivity index (χ4n) is 2.98. The van der Waals surface area contributed by atoms with Crippen molar-refractivity contribution in [2.75, 3.05) is 0 Å². The van der Waals surface area contributed by atoms with Crippen LogP contribution in [0, 0.1) is 15.5 Å². The molecule has 1 aliphatic carbocycles. The number of carbonyl (C=O) groups is 1. The van der Waals surface area contributed by atoms with E-state index in [9.17, 15) is 14.9 Å². The summed E-state index contributed by atoms with van der Waals surface area (Å²) in [5.41, 5.74) is 1.36. The Kier molecular flexibility index (Phi) is 4.23. The van der Waals surface area contributed by atoms with Gasteiger partial charge in [-0.25, -0.2) is 0 Å². The number of ketones is 1. The Morgan fingerprint density at radius 1 is 1.18 bits per heavy atom. The maximum absolute atomic E-state index is 12.6. The van der Waals surface area contributed by atoms with Gasteiger partial charge in [-0.3, -0.25) is 14.9 Å². The smallest absolute Gasteiger partial charge is 0.220 e. The second-order valence-electron chi connectivity index (χ2n) is 7.51. The molecule has 1 aliphatic rings. The van der Waals surface area contributed by atoms with Crippen LogP contribution in [0.4, 0.5) is 0 Å². The Hall–Kier alpha value is -1.97. The molecule has 0 saturated heterocycles. The molecule has 2 rings (SSSR count). The zero-order valence-corrected chi connectivity index (χ0v) is 13.7. The number of nitro groups is 1. The SMILES string of the molecule is CC1(C)CC(=O)C(CC(C)(C)[N+](=O)[O-])=C(c2ccccc2)C1. The molecule has 0 spiro atoms. The van der Waals surface area contributed by atoms with Crippen molar-refractivity contribution >= 4 is 11.4 Å². The van der Waals surface area contributed by atoms with E-state index in [0.29, 0.717) is 12.0 Å². The van der Waals surface area contributed by atoms with Crippen molar-refractivity contribution in [1.82, 2.24) is 0 Å². The van der Waals surface area contributed by atoms with E-state index in [1.54, 1.807) is 13.8 Å². The maximum Gasteiger partial charge on any atom is 0.220 e. The predicted octanol–water partition coefficient (Wildman–Crippen LogP) is 4.27. The summed E-state index contributed by atoms with van der Waals surface area (Å²) in [6.45, 7) is 7.30. The van der Waals surface area contributed by atoms with E-state index in [1.807, 2.05) is 30.3 Å². The highest BCUT2D eigenvalue weighted by atomic mass is 16.6. The van der Waals surface area contributed by atoms with Gasteiger partial charge in [0.25, 0.3) is 0 Å². The van der Waals surface area contributed by atoms with Crippen molar-refractivity contribution in [1.29, 1.82) is 0 Å². The molecule has 0 amide bonds. The highest BCUT2D eigenvalue weighted by molar-refractivity contribution is 6.04. The molecule has 0 aliphatic heterocycles. The fourth-order valence-corrected chi connectivity index (χ4v) is 2.98. The van der Waals surface area contributed by atoms with Gasteiger partial charge in [0.05, 0.1) is 0 Å². The first-order valence-electron chi connectivity index (χ1n) is 7.57. The quantitative estimate of drug-likeness (QED) is 0.616. The van der Waals surface area contributed by atoms with Crippen LogP contribution in [0.3, 0.4) is 0 Å². The number of rotatable bonds is 4. The fraction of sp³-hybridized carbons (Fsp3) is 0.500. The molecule has 0 radical (unpaired) electrons. The van der Waals surface area contributed by atoms with Crippen molar-refractivity contribution < 1.29 is 9.72 Å². The number of hydrogen-bond acceptors (Lipinski definition) is 3. The standard InChI is InChI=1S/C18H23NO3/c1-17(2)10-14(13-8-6-5-7-9-13)15(16(20)12-17)11-18(3,4)19(21)22/h5-9H,10-12H2,1-4H3. The third kappa shape index (κ3) is 3.43. The van der Waals surface area contributed by atoms with E-state index in [4.69, 9.17) is 0 Å². The van der Waals surface area contributed by atoms with Gasteiger partial charge in [-0.2, -0.15) is 0 Å². The van der Waals surface area contributed by atoms with Crippen molar-refractivity contribution in [3.05, 3.63) is 51.6 Å². The molecule has 118 valence electrons. The van der Waals surface area contributed by atoms with Gasteiger partial charge >= 0.3 is 0 Å². The molecule has 0 atom stereocenters.